The molecule has 0 aliphatic heterocycles. The van der Waals surface area contributed by atoms with Crippen LogP contribution in [0, 0.1) is 0 Å². The molecular formula is C8H13N5O3. The first kappa shape index (κ1) is 12.1. The van der Waals surface area contributed by atoms with Gasteiger partial charge in [-0.1, -0.05) is 0 Å². The maximum Gasteiger partial charge on any atom is 0.305 e. The largest absolute Gasteiger partial charge is 0.481 e. The van der Waals surface area contributed by atoms with Gasteiger partial charge in [0.05, 0.1) is 19.0 Å². The van der Waals surface area contributed by atoms with E-state index in [-0.39, 0.29) is 13.0 Å². The van der Waals surface area contributed by atoms with Crippen LogP contribution in [0.4, 0.5) is 0 Å². The molecule has 1 heterocycles. The molecule has 4 N–H and O–H groups in total. The Hall–Kier alpha value is -1.96. The van der Waals surface area contributed by atoms with Crippen molar-refractivity contribution < 1.29 is 14.7 Å². The van der Waals surface area contributed by atoms with Crippen molar-refractivity contribution in [2.75, 3.05) is 7.05 Å². The molecule has 0 aliphatic carbocycles. The number of carboxylic acid groups (broad SMARTS) is 1. The first-order chi connectivity index (χ1) is 7.50. The summed E-state index contributed by atoms with van der Waals surface area (Å²) in [4.78, 5) is 27.1. The van der Waals surface area contributed by atoms with Crippen molar-refractivity contribution in [1.29, 1.82) is 0 Å². The minimum absolute atomic E-state index is 0.214. The Morgan fingerprint density at radius 3 is 2.88 bits per heavy atom. The molecule has 16 heavy (non-hydrogen) atoms. The van der Waals surface area contributed by atoms with E-state index in [2.05, 4.69) is 15.2 Å². The monoisotopic (exact) mass is 227 g/mol. The highest BCUT2D eigenvalue weighted by Crippen LogP contribution is 1.99. The molecule has 0 fully saturated rings. The summed E-state index contributed by atoms with van der Waals surface area (Å²) in [6.07, 6.45) is 0.935. The van der Waals surface area contributed by atoms with Crippen molar-refractivity contribution in [1.82, 2.24) is 20.1 Å². The van der Waals surface area contributed by atoms with Crippen LogP contribution in [-0.4, -0.2) is 50.2 Å². The second kappa shape index (κ2) is 5.21. The lowest BCUT2D eigenvalue weighted by molar-refractivity contribution is -0.141. The Balaban J connectivity index is 2.50. The molecule has 1 rings (SSSR count). The minimum Gasteiger partial charge on any atom is -0.481 e. The normalized spacial score (nSPS) is 12.1. The lowest BCUT2D eigenvalue weighted by atomic mass is 10.2. The minimum atomic E-state index is -1.10. The SMILES string of the molecule is CN(Cc1ncn[nH]1)C(=O)C(N)CC(=O)O. The van der Waals surface area contributed by atoms with Gasteiger partial charge in [-0.2, -0.15) is 5.10 Å². The molecule has 0 saturated carbocycles. The molecule has 8 nitrogen and oxygen atoms in total. The summed E-state index contributed by atoms with van der Waals surface area (Å²) in [5.41, 5.74) is 5.43. The summed E-state index contributed by atoms with van der Waals surface area (Å²) in [5, 5.41) is 14.7. The smallest absolute Gasteiger partial charge is 0.305 e. The quantitative estimate of drug-likeness (QED) is 0.566. The molecule has 0 spiro atoms. The second-order valence-corrected chi connectivity index (χ2v) is 3.33. The highest BCUT2D eigenvalue weighted by Gasteiger charge is 2.21. The summed E-state index contributed by atoms with van der Waals surface area (Å²) in [6, 6.07) is -1.04. The molecule has 0 aromatic carbocycles. The average Bonchev–Trinajstić information content (AvgIpc) is 2.68. The summed E-state index contributed by atoms with van der Waals surface area (Å²) in [7, 11) is 1.52. The zero-order valence-corrected chi connectivity index (χ0v) is 8.75. The van der Waals surface area contributed by atoms with Crippen LogP contribution in [0.15, 0.2) is 6.33 Å². The van der Waals surface area contributed by atoms with E-state index in [1.807, 2.05) is 0 Å². The van der Waals surface area contributed by atoms with Crippen LogP contribution in [0.1, 0.15) is 12.2 Å². The molecule has 1 unspecified atom stereocenters. The molecule has 0 aliphatic rings. The predicted octanol–water partition coefficient (Wildman–Crippen LogP) is -1.43. The van der Waals surface area contributed by atoms with Crippen molar-refractivity contribution >= 4 is 11.9 Å². The van der Waals surface area contributed by atoms with E-state index in [0.717, 1.165) is 0 Å². The molecule has 0 saturated heterocycles. The van der Waals surface area contributed by atoms with E-state index in [1.165, 1.54) is 18.3 Å². The highest BCUT2D eigenvalue weighted by molar-refractivity contribution is 5.85. The maximum absolute atomic E-state index is 11.6. The number of likely N-dealkylation sites (N-methyl/N-ethyl adjacent to an activating group) is 1. The topological polar surface area (TPSA) is 125 Å². The van der Waals surface area contributed by atoms with Crippen molar-refractivity contribution in [3.05, 3.63) is 12.2 Å². The number of hydrogen-bond donors (Lipinski definition) is 3. The van der Waals surface area contributed by atoms with Gasteiger partial charge in [0.2, 0.25) is 5.91 Å². The van der Waals surface area contributed by atoms with Gasteiger partial charge in [-0.25, -0.2) is 4.98 Å². The molecule has 0 radical (unpaired) electrons. The third kappa shape index (κ3) is 3.31. The molecule has 1 aromatic heterocycles. The van der Waals surface area contributed by atoms with Crippen LogP contribution in [-0.2, 0) is 16.1 Å². The van der Waals surface area contributed by atoms with Gasteiger partial charge in [0.25, 0.3) is 0 Å². The van der Waals surface area contributed by atoms with Crippen LogP contribution in [0.5, 0.6) is 0 Å². The molecule has 1 aromatic rings. The summed E-state index contributed by atoms with van der Waals surface area (Å²) in [5.74, 6) is -1.04. The fraction of sp³-hybridized carbons (Fsp3) is 0.500. The van der Waals surface area contributed by atoms with Crippen molar-refractivity contribution in [3.8, 4) is 0 Å². The number of aliphatic carboxylic acids is 1. The third-order valence-electron chi connectivity index (χ3n) is 1.94. The van der Waals surface area contributed by atoms with E-state index in [4.69, 9.17) is 10.8 Å². The molecule has 88 valence electrons. The Morgan fingerprint density at radius 1 is 1.69 bits per heavy atom. The predicted molar refractivity (Wildman–Crippen MR) is 53.1 cm³/mol. The highest BCUT2D eigenvalue weighted by atomic mass is 16.4. The Morgan fingerprint density at radius 2 is 2.38 bits per heavy atom. The molecule has 1 atom stereocenters. The van der Waals surface area contributed by atoms with Crippen molar-refractivity contribution in [2.45, 2.75) is 19.0 Å². The Kier molecular flexibility index (Phi) is 3.95. The van der Waals surface area contributed by atoms with Crippen LogP contribution >= 0.6 is 0 Å². The zero-order valence-electron chi connectivity index (χ0n) is 8.75. The van der Waals surface area contributed by atoms with E-state index < -0.39 is 17.9 Å². The first-order valence-corrected chi connectivity index (χ1v) is 4.57. The number of nitrogens with zero attached hydrogens (tertiary/aromatic N) is 3. The number of aromatic nitrogens is 3. The van der Waals surface area contributed by atoms with Crippen LogP contribution in [0.2, 0.25) is 0 Å². The average molecular weight is 227 g/mol. The molecular weight excluding hydrogens is 214 g/mol. The van der Waals surface area contributed by atoms with Crippen molar-refractivity contribution in [3.63, 3.8) is 0 Å². The van der Waals surface area contributed by atoms with Crippen molar-refractivity contribution in [2.24, 2.45) is 5.73 Å². The fourth-order valence-corrected chi connectivity index (χ4v) is 1.17. The van der Waals surface area contributed by atoms with Gasteiger partial charge < -0.3 is 15.7 Å². The van der Waals surface area contributed by atoms with E-state index in [1.54, 1.807) is 0 Å². The standard InChI is InChI=1S/C8H13N5O3/c1-13(3-6-10-4-11-12-6)8(16)5(9)2-7(14)15/h4-5H,2-3,9H2,1H3,(H,14,15)(H,10,11,12). The number of carboxylic acids is 1. The number of aromatic amines is 1. The Labute approximate surface area is 91.5 Å². The van der Waals surface area contributed by atoms with Gasteiger partial charge >= 0.3 is 5.97 Å². The van der Waals surface area contributed by atoms with Crippen LogP contribution in [0.3, 0.4) is 0 Å². The lowest BCUT2D eigenvalue weighted by Gasteiger charge is -2.18. The number of carbonyl (C=O) groups is 2. The number of amides is 1. The fourth-order valence-electron chi connectivity index (χ4n) is 1.17. The maximum atomic E-state index is 11.6. The number of hydrogen-bond acceptors (Lipinski definition) is 5. The number of nitrogens with two attached hydrogens (primary N) is 1. The molecule has 0 bridgehead atoms. The van der Waals surface area contributed by atoms with Gasteiger partial charge in [-0.3, -0.25) is 14.7 Å². The number of nitrogens with one attached hydrogen (secondary N) is 1. The summed E-state index contributed by atoms with van der Waals surface area (Å²) in [6.45, 7) is 0.214. The zero-order chi connectivity index (χ0) is 12.1. The number of H-pyrrole nitrogens is 1. The number of carbonyl (C=O) groups excluding carboxylic acids is 1. The summed E-state index contributed by atoms with van der Waals surface area (Å²) < 4.78 is 0. The Bertz CT molecular complexity index is 364. The van der Waals surface area contributed by atoms with Gasteiger partial charge in [0, 0.05) is 7.05 Å². The molecule has 8 heteroatoms. The second-order valence-electron chi connectivity index (χ2n) is 3.33. The van der Waals surface area contributed by atoms with E-state index >= 15 is 0 Å². The van der Waals surface area contributed by atoms with Gasteiger partial charge in [-0.15, -0.1) is 0 Å². The van der Waals surface area contributed by atoms with Gasteiger partial charge in [-0.05, 0) is 0 Å². The van der Waals surface area contributed by atoms with Crippen LogP contribution < -0.4 is 5.73 Å². The number of rotatable bonds is 5. The third-order valence-corrected chi connectivity index (χ3v) is 1.94. The summed E-state index contributed by atoms with van der Waals surface area (Å²) >= 11 is 0. The van der Waals surface area contributed by atoms with E-state index in [9.17, 15) is 9.59 Å². The lowest BCUT2D eigenvalue weighted by Crippen LogP contribution is -2.42. The molecule has 1 amide bonds. The first-order valence-electron chi connectivity index (χ1n) is 4.57. The van der Waals surface area contributed by atoms with Gasteiger partial charge in [0.15, 0.2) is 0 Å². The van der Waals surface area contributed by atoms with Crippen LogP contribution in [0.25, 0.3) is 0 Å². The van der Waals surface area contributed by atoms with Gasteiger partial charge in [0.1, 0.15) is 12.2 Å². The van der Waals surface area contributed by atoms with E-state index in [0.29, 0.717) is 5.82 Å².